The maximum atomic E-state index is 11.7. The second-order valence-corrected chi connectivity index (χ2v) is 10.5. The summed E-state index contributed by atoms with van der Waals surface area (Å²) in [4.78, 5) is 20.3. The van der Waals surface area contributed by atoms with Crippen LogP contribution in [0.3, 0.4) is 0 Å². The molecule has 2 rings (SSSR count). The van der Waals surface area contributed by atoms with Gasteiger partial charge in [0.1, 0.15) is 16.9 Å². The minimum absolute atomic E-state index is 0.200. The Morgan fingerprint density at radius 1 is 0.806 bits per heavy atom. The summed E-state index contributed by atoms with van der Waals surface area (Å²) in [7, 11) is 1.85. The molecule has 2 aromatic rings. The van der Waals surface area contributed by atoms with Crippen molar-refractivity contribution >= 4 is 28.8 Å². The van der Waals surface area contributed by atoms with Crippen LogP contribution in [0.5, 0.6) is 5.88 Å². The highest BCUT2D eigenvalue weighted by Gasteiger charge is 2.17. The smallest absolute Gasteiger partial charge is 0.316 e. The van der Waals surface area contributed by atoms with E-state index in [2.05, 4.69) is 22.0 Å². The Morgan fingerprint density at radius 3 is 1.92 bits per heavy atom. The highest BCUT2D eigenvalue weighted by Crippen LogP contribution is 2.29. The zero-order chi connectivity index (χ0) is 25.8. The molecule has 0 bridgehead atoms. The first-order valence-corrected chi connectivity index (χ1v) is 15.2. The number of carbonyl (C=O) groups excluding carboxylic acids is 1. The van der Waals surface area contributed by atoms with E-state index < -0.39 is 0 Å². The molecule has 0 aliphatic rings. The first kappa shape index (κ1) is 30.4. The van der Waals surface area contributed by atoms with E-state index in [-0.39, 0.29) is 11.7 Å². The summed E-state index contributed by atoms with van der Waals surface area (Å²) in [6.07, 6.45) is 23.2. The molecule has 0 atom stereocenters. The average Bonchev–Trinajstić information content (AvgIpc) is 3.20. The van der Waals surface area contributed by atoms with Crippen molar-refractivity contribution in [1.29, 1.82) is 0 Å². The summed E-state index contributed by atoms with van der Waals surface area (Å²) >= 11 is 1.31. The third-order valence-electron chi connectivity index (χ3n) is 6.40. The van der Waals surface area contributed by atoms with Crippen molar-refractivity contribution in [2.45, 2.75) is 122 Å². The number of hydrogen-bond acceptors (Lipinski definition) is 7. The zero-order valence-electron chi connectivity index (χ0n) is 22.9. The molecule has 0 aliphatic heterocycles. The van der Waals surface area contributed by atoms with Crippen molar-refractivity contribution in [2.24, 2.45) is 7.05 Å². The molecule has 2 aromatic heterocycles. The monoisotopic (exact) mass is 520 g/mol. The number of esters is 1. The van der Waals surface area contributed by atoms with Crippen LogP contribution < -0.4 is 4.74 Å². The molecule has 0 spiro atoms. The second-order valence-electron chi connectivity index (χ2n) is 9.55. The fourth-order valence-corrected chi connectivity index (χ4v) is 5.11. The van der Waals surface area contributed by atoms with E-state index in [4.69, 9.17) is 9.47 Å². The number of aryl methyl sites for hydroxylation is 1. The Balaban J connectivity index is 1.52. The van der Waals surface area contributed by atoms with Crippen LogP contribution in [0.1, 0.15) is 117 Å². The molecule has 0 saturated carbocycles. The van der Waals surface area contributed by atoms with Gasteiger partial charge in [-0.1, -0.05) is 115 Å². The van der Waals surface area contributed by atoms with E-state index in [1.807, 2.05) is 7.05 Å². The van der Waals surface area contributed by atoms with Gasteiger partial charge in [0.15, 0.2) is 5.52 Å². The number of hydrogen-bond donors (Lipinski definition) is 0. The van der Waals surface area contributed by atoms with Crippen LogP contribution in [0.4, 0.5) is 0 Å². The maximum absolute atomic E-state index is 11.7. The van der Waals surface area contributed by atoms with Crippen molar-refractivity contribution in [3.63, 3.8) is 0 Å². The molecule has 0 amide bonds. The van der Waals surface area contributed by atoms with Crippen LogP contribution in [0, 0.1) is 0 Å². The van der Waals surface area contributed by atoms with Gasteiger partial charge in [0.2, 0.25) is 5.88 Å². The van der Waals surface area contributed by atoms with Gasteiger partial charge < -0.3 is 9.47 Å². The number of nitrogens with zero attached hydrogens (tertiary/aromatic N) is 4. The lowest BCUT2D eigenvalue weighted by atomic mass is 10.0. The first-order valence-electron chi connectivity index (χ1n) is 14.3. The van der Waals surface area contributed by atoms with Gasteiger partial charge in [-0.3, -0.25) is 4.79 Å². The summed E-state index contributed by atoms with van der Waals surface area (Å²) < 4.78 is 12.7. The molecule has 7 nitrogen and oxygen atoms in total. The van der Waals surface area contributed by atoms with Crippen LogP contribution in [0.25, 0.3) is 11.0 Å². The lowest BCUT2D eigenvalue weighted by molar-refractivity contribution is -0.139. The normalized spacial score (nSPS) is 11.3. The molecule has 204 valence electrons. The van der Waals surface area contributed by atoms with E-state index in [0.29, 0.717) is 35.2 Å². The predicted octanol–water partition coefficient (Wildman–Crippen LogP) is 7.66. The van der Waals surface area contributed by atoms with E-state index in [9.17, 15) is 4.79 Å². The van der Waals surface area contributed by atoms with Crippen LogP contribution in [-0.4, -0.2) is 44.7 Å². The van der Waals surface area contributed by atoms with Crippen LogP contribution in [0.2, 0.25) is 0 Å². The molecule has 0 saturated heterocycles. The van der Waals surface area contributed by atoms with Crippen molar-refractivity contribution < 1.29 is 14.3 Å². The molecule has 0 radical (unpaired) electrons. The number of carbonyl (C=O) groups is 1. The van der Waals surface area contributed by atoms with Gasteiger partial charge in [0, 0.05) is 7.05 Å². The van der Waals surface area contributed by atoms with Crippen LogP contribution in [-0.2, 0) is 16.6 Å². The third-order valence-corrected chi connectivity index (χ3v) is 7.36. The van der Waals surface area contributed by atoms with Crippen molar-refractivity contribution in [3.8, 4) is 5.88 Å². The van der Waals surface area contributed by atoms with E-state index in [0.717, 1.165) is 6.42 Å². The summed E-state index contributed by atoms with van der Waals surface area (Å²) in [5, 5.41) is 5.19. The summed E-state index contributed by atoms with van der Waals surface area (Å²) in [6, 6.07) is 0. The van der Waals surface area contributed by atoms with Gasteiger partial charge in [-0.15, -0.1) is 0 Å². The lowest BCUT2D eigenvalue weighted by Gasteiger charge is -2.06. The van der Waals surface area contributed by atoms with Crippen molar-refractivity contribution in [3.05, 3.63) is 6.33 Å². The van der Waals surface area contributed by atoms with E-state index in [1.54, 1.807) is 11.6 Å². The molecule has 0 aliphatic carbocycles. The topological polar surface area (TPSA) is 79.1 Å². The summed E-state index contributed by atoms with van der Waals surface area (Å²) in [5.41, 5.74) is 1.35. The Hall–Kier alpha value is -1.83. The highest BCUT2D eigenvalue weighted by atomic mass is 32.2. The van der Waals surface area contributed by atoms with Crippen LogP contribution in [0.15, 0.2) is 11.4 Å². The van der Waals surface area contributed by atoms with E-state index in [1.165, 1.54) is 114 Å². The van der Waals surface area contributed by atoms with Gasteiger partial charge >= 0.3 is 5.97 Å². The SMILES string of the molecule is CCCCCCCCCCCCCCCCCCOc1c2ncnc(SCC(=O)OCC)c2nn1C. The number of thioether (sulfide) groups is 1. The quantitative estimate of drug-likeness (QED) is 0.0682. The lowest BCUT2D eigenvalue weighted by Crippen LogP contribution is -2.06. The Bertz CT molecular complexity index is 859. The minimum atomic E-state index is -0.259. The fraction of sp³-hybridized carbons (Fsp3) is 0.786. The maximum Gasteiger partial charge on any atom is 0.316 e. The molecule has 2 heterocycles. The average molecular weight is 521 g/mol. The summed E-state index contributed by atoms with van der Waals surface area (Å²) in [5.74, 6) is 0.600. The van der Waals surface area contributed by atoms with Gasteiger partial charge in [0.05, 0.1) is 19.0 Å². The Labute approximate surface area is 222 Å². The van der Waals surface area contributed by atoms with Gasteiger partial charge in [-0.2, -0.15) is 5.10 Å². The van der Waals surface area contributed by atoms with E-state index >= 15 is 0 Å². The molecule has 36 heavy (non-hydrogen) atoms. The van der Waals surface area contributed by atoms with Gasteiger partial charge in [0.25, 0.3) is 0 Å². The molecular weight excluding hydrogens is 472 g/mol. The van der Waals surface area contributed by atoms with Crippen LogP contribution >= 0.6 is 11.8 Å². The number of aromatic nitrogens is 4. The molecule has 0 fully saturated rings. The zero-order valence-corrected chi connectivity index (χ0v) is 23.8. The number of fused-ring (bicyclic) bond motifs is 1. The Kier molecular flexibility index (Phi) is 16.3. The molecule has 0 N–H and O–H groups in total. The summed E-state index contributed by atoms with van der Waals surface area (Å²) in [6.45, 7) is 5.11. The number of unbranched alkanes of at least 4 members (excludes halogenated alkanes) is 15. The molecular formula is C28H48N4O3S. The highest BCUT2D eigenvalue weighted by molar-refractivity contribution is 8.00. The van der Waals surface area contributed by atoms with Crippen molar-refractivity contribution in [2.75, 3.05) is 19.0 Å². The largest absolute Gasteiger partial charge is 0.476 e. The molecule has 0 unspecified atom stereocenters. The number of rotatable bonds is 22. The number of ether oxygens (including phenoxy) is 2. The van der Waals surface area contributed by atoms with Crippen molar-refractivity contribution in [1.82, 2.24) is 19.7 Å². The standard InChI is InChI=1S/C28H48N4O3S/c1-4-6-7-8-9-10-11-12-13-14-15-16-17-18-19-20-21-35-28-26-25(31-32(28)3)27(30-23-29-26)36-22-24(33)34-5-2/h23H,4-22H2,1-3H3. The molecule has 8 heteroatoms. The van der Waals surface area contributed by atoms with Gasteiger partial charge in [-0.25, -0.2) is 14.6 Å². The fourth-order valence-electron chi connectivity index (χ4n) is 4.37. The first-order chi connectivity index (χ1) is 17.7. The second kappa shape index (κ2) is 19.3. The Morgan fingerprint density at radius 2 is 1.36 bits per heavy atom. The predicted molar refractivity (Wildman–Crippen MR) is 149 cm³/mol. The minimum Gasteiger partial charge on any atom is -0.476 e. The van der Waals surface area contributed by atoms with Gasteiger partial charge in [-0.05, 0) is 13.3 Å². The molecule has 0 aromatic carbocycles. The third kappa shape index (κ3) is 11.9.